The minimum absolute atomic E-state index is 0. The van der Waals surface area contributed by atoms with Gasteiger partial charge >= 0.3 is 0 Å². The molecule has 0 aromatic heterocycles. The van der Waals surface area contributed by atoms with Crippen LogP contribution in [0.2, 0.25) is 0 Å². The molecule has 0 saturated carbocycles. The topological polar surface area (TPSA) is 65.0 Å². The first-order valence-corrected chi connectivity index (χ1v) is 10.8. The molecule has 0 bridgehead atoms. The lowest BCUT2D eigenvalue weighted by Crippen LogP contribution is -2.38. The Hall–Kier alpha value is -1.65. The third-order valence-corrected chi connectivity index (χ3v) is 6.41. The van der Waals surface area contributed by atoms with Crippen molar-refractivity contribution in [2.24, 2.45) is 4.99 Å². The third kappa shape index (κ3) is 6.68. The van der Waals surface area contributed by atoms with Crippen LogP contribution in [-0.4, -0.2) is 51.3 Å². The van der Waals surface area contributed by atoms with Crippen LogP contribution in [0, 0.1) is 6.92 Å². The molecule has 0 fully saturated rings. The molecule has 0 radical (unpaired) electrons. The van der Waals surface area contributed by atoms with E-state index in [-0.39, 0.29) is 30.5 Å². The minimum Gasteiger partial charge on any atom is -0.357 e. The highest BCUT2D eigenvalue weighted by Gasteiger charge is 2.20. The molecule has 0 amide bonds. The van der Waals surface area contributed by atoms with E-state index in [4.69, 9.17) is 4.99 Å². The number of benzene rings is 2. The van der Waals surface area contributed by atoms with Crippen molar-refractivity contribution in [3.63, 3.8) is 0 Å². The van der Waals surface area contributed by atoms with E-state index in [1.165, 1.54) is 29.5 Å². The summed E-state index contributed by atoms with van der Waals surface area (Å²) >= 11 is 0. The maximum absolute atomic E-state index is 12.6. The molecule has 0 aliphatic carbocycles. The molecular weight excluding hydrogens is 499 g/mol. The van der Waals surface area contributed by atoms with E-state index in [0.717, 1.165) is 19.0 Å². The van der Waals surface area contributed by atoms with Gasteiger partial charge in [0, 0.05) is 34.2 Å². The molecule has 160 valence electrons. The SMILES string of the molecule is CCNC(=NCc1ccccc1S(=O)(=O)N(C)C)N(C)Cc1ccccc1C.I. The maximum Gasteiger partial charge on any atom is 0.242 e. The summed E-state index contributed by atoms with van der Waals surface area (Å²) < 4.78 is 26.4. The molecule has 0 heterocycles. The van der Waals surface area contributed by atoms with Crippen LogP contribution in [0.4, 0.5) is 0 Å². The van der Waals surface area contributed by atoms with Gasteiger partial charge in [0.25, 0.3) is 0 Å². The highest BCUT2D eigenvalue weighted by molar-refractivity contribution is 14.0. The number of hydrogen-bond donors (Lipinski definition) is 1. The summed E-state index contributed by atoms with van der Waals surface area (Å²) in [5.74, 6) is 0.739. The van der Waals surface area contributed by atoms with Gasteiger partial charge in [-0.15, -0.1) is 24.0 Å². The van der Waals surface area contributed by atoms with Gasteiger partial charge in [0.2, 0.25) is 10.0 Å². The fraction of sp³-hybridized carbons (Fsp3) is 0.381. The highest BCUT2D eigenvalue weighted by atomic mass is 127. The summed E-state index contributed by atoms with van der Waals surface area (Å²) in [6, 6.07) is 15.3. The minimum atomic E-state index is -3.51. The summed E-state index contributed by atoms with van der Waals surface area (Å²) in [5, 5.41) is 3.29. The number of aryl methyl sites for hydroxylation is 1. The van der Waals surface area contributed by atoms with E-state index < -0.39 is 10.0 Å². The van der Waals surface area contributed by atoms with Gasteiger partial charge in [0.1, 0.15) is 0 Å². The van der Waals surface area contributed by atoms with Crippen LogP contribution < -0.4 is 5.32 Å². The summed E-state index contributed by atoms with van der Waals surface area (Å²) in [6.45, 7) is 5.84. The van der Waals surface area contributed by atoms with Crippen LogP contribution in [0.3, 0.4) is 0 Å². The lowest BCUT2D eigenvalue weighted by atomic mass is 10.1. The van der Waals surface area contributed by atoms with Crippen molar-refractivity contribution in [1.29, 1.82) is 0 Å². The summed E-state index contributed by atoms with van der Waals surface area (Å²) in [5.41, 5.74) is 3.13. The molecule has 0 aliphatic heterocycles. The van der Waals surface area contributed by atoms with Gasteiger partial charge in [-0.25, -0.2) is 17.7 Å². The zero-order valence-corrected chi connectivity index (χ0v) is 20.9. The lowest BCUT2D eigenvalue weighted by molar-refractivity contribution is 0.475. The van der Waals surface area contributed by atoms with Crippen molar-refractivity contribution in [3.05, 3.63) is 65.2 Å². The molecule has 0 unspecified atom stereocenters. The van der Waals surface area contributed by atoms with Crippen LogP contribution >= 0.6 is 24.0 Å². The fourth-order valence-corrected chi connectivity index (χ4v) is 3.94. The average Bonchev–Trinajstić information content (AvgIpc) is 2.67. The van der Waals surface area contributed by atoms with E-state index in [2.05, 4.69) is 29.3 Å². The number of sulfonamides is 1. The Morgan fingerprint density at radius 1 is 1.00 bits per heavy atom. The number of nitrogens with zero attached hydrogens (tertiary/aromatic N) is 3. The molecule has 0 atom stereocenters. The van der Waals surface area contributed by atoms with Gasteiger partial charge in [-0.2, -0.15) is 0 Å². The predicted molar refractivity (Wildman–Crippen MR) is 130 cm³/mol. The second kappa shape index (κ2) is 11.5. The average molecular weight is 530 g/mol. The molecule has 2 aromatic rings. The second-order valence-corrected chi connectivity index (χ2v) is 8.97. The molecule has 0 aliphatic rings. The summed E-state index contributed by atoms with van der Waals surface area (Å²) in [4.78, 5) is 7.03. The summed E-state index contributed by atoms with van der Waals surface area (Å²) in [7, 11) is 1.54. The van der Waals surface area contributed by atoms with E-state index in [1.807, 2.05) is 38.2 Å². The number of hydrogen-bond acceptors (Lipinski definition) is 3. The Labute approximate surface area is 192 Å². The van der Waals surface area contributed by atoms with E-state index in [0.29, 0.717) is 10.5 Å². The van der Waals surface area contributed by atoms with Crippen LogP contribution in [0.15, 0.2) is 58.4 Å². The zero-order valence-electron chi connectivity index (χ0n) is 17.7. The fourth-order valence-electron chi connectivity index (χ4n) is 2.83. The quantitative estimate of drug-likeness (QED) is 0.339. The Morgan fingerprint density at radius 3 is 2.17 bits per heavy atom. The number of halogens is 1. The van der Waals surface area contributed by atoms with Gasteiger partial charge in [-0.1, -0.05) is 42.5 Å². The first kappa shape index (κ1) is 25.4. The van der Waals surface area contributed by atoms with Crippen molar-refractivity contribution in [1.82, 2.24) is 14.5 Å². The van der Waals surface area contributed by atoms with E-state index in [1.54, 1.807) is 12.1 Å². The Kier molecular flexibility index (Phi) is 10.1. The van der Waals surface area contributed by atoms with Crippen molar-refractivity contribution < 1.29 is 8.42 Å². The molecular formula is C21H31IN4O2S. The van der Waals surface area contributed by atoms with Crippen molar-refractivity contribution in [3.8, 4) is 0 Å². The molecule has 1 N–H and O–H groups in total. The van der Waals surface area contributed by atoms with Crippen molar-refractivity contribution in [2.75, 3.05) is 27.7 Å². The van der Waals surface area contributed by atoms with Crippen LogP contribution in [0.1, 0.15) is 23.6 Å². The van der Waals surface area contributed by atoms with Crippen LogP contribution in [-0.2, 0) is 23.1 Å². The molecule has 2 aromatic carbocycles. The Morgan fingerprint density at radius 2 is 1.59 bits per heavy atom. The van der Waals surface area contributed by atoms with Crippen molar-refractivity contribution in [2.45, 2.75) is 31.8 Å². The van der Waals surface area contributed by atoms with Crippen LogP contribution in [0.25, 0.3) is 0 Å². The molecule has 2 rings (SSSR count). The van der Waals surface area contributed by atoms with Gasteiger partial charge in [0.05, 0.1) is 11.4 Å². The number of guanidine groups is 1. The smallest absolute Gasteiger partial charge is 0.242 e. The van der Waals surface area contributed by atoms with Gasteiger partial charge in [0.15, 0.2) is 5.96 Å². The number of nitrogens with one attached hydrogen (secondary N) is 1. The first-order valence-electron chi connectivity index (χ1n) is 9.31. The largest absolute Gasteiger partial charge is 0.357 e. The normalized spacial score (nSPS) is 11.9. The van der Waals surface area contributed by atoms with E-state index in [9.17, 15) is 8.42 Å². The molecule has 0 saturated heterocycles. The molecule has 0 spiro atoms. The van der Waals surface area contributed by atoms with Gasteiger partial charge in [-0.05, 0) is 36.6 Å². The third-order valence-electron chi connectivity index (χ3n) is 4.50. The van der Waals surface area contributed by atoms with Crippen LogP contribution in [0.5, 0.6) is 0 Å². The van der Waals surface area contributed by atoms with Crippen molar-refractivity contribution >= 4 is 40.0 Å². The van der Waals surface area contributed by atoms with E-state index >= 15 is 0 Å². The highest BCUT2D eigenvalue weighted by Crippen LogP contribution is 2.19. The Balaban J connectivity index is 0.00000420. The number of rotatable bonds is 7. The zero-order chi connectivity index (χ0) is 20.7. The molecule has 6 nitrogen and oxygen atoms in total. The standard InChI is InChI=1S/C21H30N4O2S.HI/c1-6-22-21(25(5)16-19-13-8-7-11-17(19)2)23-15-18-12-9-10-14-20(18)28(26,27)24(3)4;/h7-14H,6,15-16H2,1-5H3,(H,22,23);1H. The maximum atomic E-state index is 12.6. The molecule has 29 heavy (non-hydrogen) atoms. The predicted octanol–water partition coefficient (Wildman–Crippen LogP) is 3.46. The molecule has 8 heteroatoms. The van der Waals surface area contributed by atoms with Gasteiger partial charge in [-0.3, -0.25) is 0 Å². The lowest BCUT2D eigenvalue weighted by Gasteiger charge is -2.23. The first-order chi connectivity index (χ1) is 13.3. The second-order valence-electron chi connectivity index (χ2n) is 6.85. The summed E-state index contributed by atoms with van der Waals surface area (Å²) in [6.07, 6.45) is 0. The monoisotopic (exact) mass is 530 g/mol. The number of aliphatic imine (C=N–C) groups is 1. The van der Waals surface area contributed by atoms with Gasteiger partial charge < -0.3 is 10.2 Å². The Bertz CT molecular complexity index is 930.